The van der Waals surface area contributed by atoms with Crippen molar-refractivity contribution in [1.82, 2.24) is 0 Å². The lowest BCUT2D eigenvalue weighted by atomic mass is 10.4. The maximum absolute atomic E-state index is 10.1. The van der Waals surface area contributed by atoms with Gasteiger partial charge in [-0.15, -0.1) is 6.58 Å². The summed E-state index contributed by atoms with van der Waals surface area (Å²) in [7, 11) is 0. The van der Waals surface area contributed by atoms with E-state index < -0.39 is 5.97 Å². The van der Waals surface area contributed by atoms with Gasteiger partial charge in [0, 0.05) is 0 Å². The number of nitrogens with two attached hydrogens (primary N) is 1. The summed E-state index contributed by atoms with van der Waals surface area (Å²) in [6.07, 6.45) is 3.07. The van der Waals surface area contributed by atoms with Crippen LogP contribution in [-0.4, -0.2) is 30.0 Å². The summed E-state index contributed by atoms with van der Waals surface area (Å²) in [4.78, 5) is 18.6. The van der Waals surface area contributed by atoms with Gasteiger partial charge >= 0.3 is 5.97 Å². The van der Waals surface area contributed by atoms with Crippen molar-refractivity contribution in [1.29, 1.82) is 0 Å². The molecule has 0 aliphatic rings. The fourth-order valence-electron chi connectivity index (χ4n) is 0.294. The van der Waals surface area contributed by atoms with Gasteiger partial charge in [-0.05, 0) is 6.92 Å². The molecule has 0 spiro atoms. The number of aliphatic carboxylic acids is 1. The van der Waals surface area contributed by atoms with Crippen LogP contribution in [-0.2, 0) is 14.5 Å². The smallest absolute Gasteiger partial charge is 0.353 e. The first-order valence-electron chi connectivity index (χ1n) is 4.03. The number of carbonyl (C=O) groups is 1. The molecule has 0 aromatic rings. The average molecular weight is 216 g/mol. The third kappa shape index (κ3) is 15.1. The number of carboxylic acids is 1. The Balaban J connectivity index is 0. The van der Waals surface area contributed by atoms with Crippen molar-refractivity contribution in [3.8, 4) is 0 Å². The summed E-state index contributed by atoms with van der Waals surface area (Å²) < 4.78 is 0. The summed E-state index contributed by atoms with van der Waals surface area (Å²) in [5.41, 5.74) is -0.0677. The van der Waals surface area contributed by atoms with Crippen molar-refractivity contribution in [2.24, 2.45) is 11.1 Å². The summed E-state index contributed by atoms with van der Waals surface area (Å²) in [5, 5.41) is 11.5. The molecule has 15 heavy (non-hydrogen) atoms. The fraction of sp³-hybridized carbons (Fsp3) is 0.333. The van der Waals surface area contributed by atoms with E-state index in [1.54, 1.807) is 6.08 Å². The van der Waals surface area contributed by atoms with Crippen LogP contribution in [0.4, 0.5) is 0 Å². The Hall–Kier alpha value is -1.66. The van der Waals surface area contributed by atoms with E-state index in [-0.39, 0.29) is 12.3 Å². The zero-order valence-electron chi connectivity index (χ0n) is 8.68. The van der Waals surface area contributed by atoms with E-state index in [0.29, 0.717) is 6.61 Å². The zero-order valence-corrected chi connectivity index (χ0v) is 8.68. The molecule has 0 aliphatic heterocycles. The van der Waals surface area contributed by atoms with Crippen molar-refractivity contribution < 1.29 is 19.6 Å². The van der Waals surface area contributed by atoms with Gasteiger partial charge in [-0.1, -0.05) is 23.9 Å². The zero-order chi connectivity index (χ0) is 12.1. The van der Waals surface area contributed by atoms with Gasteiger partial charge in [0.1, 0.15) is 6.61 Å². The maximum Gasteiger partial charge on any atom is 0.353 e. The van der Waals surface area contributed by atoms with E-state index >= 15 is 0 Å². The van der Waals surface area contributed by atoms with Crippen LogP contribution in [0.5, 0.6) is 0 Å². The largest absolute Gasteiger partial charge is 0.477 e. The van der Waals surface area contributed by atoms with Crippen molar-refractivity contribution in [2.75, 3.05) is 13.2 Å². The van der Waals surface area contributed by atoms with Crippen LogP contribution in [0.3, 0.4) is 0 Å². The Morgan fingerprint density at radius 3 is 2.27 bits per heavy atom. The molecule has 0 unspecified atom stereocenters. The summed E-state index contributed by atoms with van der Waals surface area (Å²) in [6.45, 7) is 8.72. The number of hydrogen-bond acceptors (Lipinski definition) is 5. The first kappa shape index (κ1) is 15.8. The molecular weight excluding hydrogens is 200 g/mol. The van der Waals surface area contributed by atoms with Gasteiger partial charge in [-0.25, -0.2) is 10.7 Å². The Morgan fingerprint density at radius 1 is 1.47 bits per heavy atom. The summed E-state index contributed by atoms with van der Waals surface area (Å²) in [6, 6.07) is 0. The second kappa shape index (κ2) is 12.3. The van der Waals surface area contributed by atoms with E-state index in [2.05, 4.69) is 33.9 Å². The molecule has 0 aromatic heterocycles. The van der Waals surface area contributed by atoms with Gasteiger partial charge < -0.3 is 14.8 Å². The molecule has 0 heterocycles. The van der Waals surface area contributed by atoms with Crippen LogP contribution in [0, 0.1) is 0 Å². The standard InChI is InChI=1S/C6H9NO3.C3H7NO/c1-3-4-10-7-5(2)6(8)9;1-2-3-5-4/h3H,1,4H2,2H3,(H,8,9);2H,1,3-4H2. The van der Waals surface area contributed by atoms with Gasteiger partial charge in [0.15, 0.2) is 5.71 Å². The van der Waals surface area contributed by atoms with Crippen LogP contribution in [0.25, 0.3) is 0 Å². The topological polar surface area (TPSA) is 94.1 Å². The third-order valence-electron chi connectivity index (χ3n) is 0.917. The summed E-state index contributed by atoms with van der Waals surface area (Å²) >= 11 is 0. The molecule has 0 aromatic carbocycles. The minimum Gasteiger partial charge on any atom is -0.477 e. The van der Waals surface area contributed by atoms with Gasteiger partial charge in [0.2, 0.25) is 0 Å². The number of rotatable bonds is 6. The lowest BCUT2D eigenvalue weighted by Gasteiger charge is -1.92. The minimum absolute atomic E-state index is 0.0677. The van der Waals surface area contributed by atoms with Crippen LogP contribution < -0.4 is 5.90 Å². The molecule has 0 rings (SSSR count). The van der Waals surface area contributed by atoms with Gasteiger partial charge in [0.05, 0.1) is 6.61 Å². The van der Waals surface area contributed by atoms with Crippen molar-refractivity contribution in [3.05, 3.63) is 25.3 Å². The van der Waals surface area contributed by atoms with E-state index in [1.807, 2.05) is 0 Å². The lowest BCUT2D eigenvalue weighted by molar-refractivity contribution is -0.129. The SMILES string of the molecule is C=CCON.C=CCON=C(C)C(=O)O. The molecule has 0 fully saturated rings. The lowest BCUT2D eigenvalue weighted by Crippen LogP contribution is -2.08. The molecule has 0 aliphatic carbocycles. The molecule has 0 saturated heterocycles. The van der Waals surface area contributed by atoms with Crippen molar-refractivity contribution in [3.63, 3.8) is 0 Å². The Morgan fingerprint density at radius 2 is 2.00 bits per heavy atom. The highest BCUT2D eigenvalue weighted by Crippen LogP contribution is 1.81. The highest BCUT2D eigenvalue weighted by molar-refractivity contribution is 6.34. The maximum atomic E-state index is 10.1. The van der Waals surface area contributed by atoms with Crippen LogP contribution in [0.2, 0.25) is 0 Å². The van der Waals surface area contributed by atoms with Crippen molar-refractivity contribution in [2.45, 2.75) is 6.92 Å². The molecular formula is C9H16N2O4. The monoisotopic (exact) mass is 216 g/mol. The van der Waals surface area contributed by atoms with Crippen molar-refractivity contribution >= 4 is 11.7 Å². The molecule has 0 atom stereocenters. The highest BCUT2D eigenvalue weighted by atomic mass is 16.6. The molecule has 6 heteroatoms. The normalized spacial score (nSPS) is 9.60. The molecule has 86 valence electrons. The first-order valence-corrected chi connectivity index (χ1v) is 4.03. The Bertz CT molecular complexity index is 226. The second-order valence-electron chi connectivity index (χ2n) is 2.19. The number of hydrogen-bond donors (Lipinski definition) is 2. The predicted octanol–water partition coefficient (Wildman–Crippen LogP) is 0.712. The predicted molar refractivity (Wildman–Crippen MR) is 57.2 cm³/mol. The van der Waals surface area contributed by atoms with E-state index in [4.69, 9.17) is 5.11 Å². The number of oxime groups is 1. The molecule has 0 radical (unpaired) electrons. The van der Waals surface area contributed by atoms with Crippen LogP contribution in [0.15, 0.2) is 30.5 Å². The van der Waals surface area contributed by atoms with E-state index in [0.717, 1.165) is 0 Å². The minimum atomic E-state index is -1.08. The number of carboxylic acid groups (broad SMARTS) is 1. The van der Waals surface area contributed by atoms with E-state index in [9.17, 15) is 4.79 Å². The third-order valence-corrected chi connectivity index (χ3v) is 0.917. The highest BCUT2D eigenvalue weighted by Gasteiger charge is 2.00. The molecule has 0 amide bonds. The molecule has 6 nitrogen and oxygen atoms in total. The Labute approximate surface area is 88.6 Å². The van der Waals surface area contributed by atoms with Crippen LogP contribution >= 0.6 is 0 Å². The quantitative estimate of drug-likeness (QED) is 0.295. The number of nitrogens with zero attached hydrogens (tertiary/aromatic N) is 1. The fourth-order valence-corrected chi connectivity index (χ4v) is 0.294. The van der Waals surface area contributed by atoms with Gasteiger partial charge in [-0.2, -0.15) is 0 Å². The second-order valence-corrected chi connectivity index (χ2v) is 2.19. The molecule has 3 N–H and O–H groups in total. The average Bonchev–Trinajstić information content (AvgIpc) is 2.20. The summed E-state index contributed by atoms with van der Waals surface area (Å²) in [5.74, 6) is 3.49. The van der Waals surface area contributed by atoms with Gasteiger partial charge in [0.25, 0.3) is 0 Å². The van der Waals surface area contributed by atoms with Crippen LogP contribution in [0.1, 0.15) is 6.92 Å². The molecule has 0 bridgehead atoms. The van der Waals surface area contributed by atoms with E-state index in [1.165, 1.54) is 13.0 Å². The van der Waals surface area contributed by atoms with Gasteiger partial charge in [-0.3, -0.25) is 0 Å². The first-order chi connectivity index (χ1) is 7.09. The molecule has 0 saturated carbocycles. The Kier molecular flexibility index (Phi) is 13.0.